The molecular formula is C29H33F3N6O4. The Labute approximate surface area is 242 Å². The molecule has 4 heterocycles. The molecular weight excluding hydrogens is 553 g/mol. The van der Waals surface area contributed by atoms with Crippen LogP contribution in [0.3, 0.4) is 0 Å². The van der Waals surface area contributed by atoms with Crippen molar-refractivity contribution in [3.8, 4) is 23.4 Å². The molecule has 2 saturated heterocycles. The van der Waals surface area contributed by atoms with Gasteiger partial charge in [-0.2, -0.15) is 5.26 Å². The van der Waals surface area contributed by atoms with E-state index in [0.717, 1.165) is 37.1 Å². The average Bonchev–Trinajstić information content (AvgIpc) is 3.39. The lowest BCUT2D eigenvalue weighted by Gasteiger charge is -2.39. The number of piperazine rings is 1. The van der Waals surface area contributed by atoms with E-state index in [4.69, 9.17) is 9.72 Å². The van der Waals surface area contributed by atoms with E-state index in [2.05, 4.69) is 27.2 Å². The number of halogens is 3. The number of nitrogens with zero attached hydrogens (tertiary/aromatic N) is 6. The molecule has 1 N–H and O–H groups in total. The van der Waals surface area contributed by atoms with Gasteiger partial charge in [0, 0.05) is 50.4 Å². The number of carbonyl (C=O) groups excluding carboxylic acids is 1. The number of hydrogen-bond acceptors (Lipinski definition) is 9. The molecule has 3 aliphatic rings. The first kappa shape index (κ1) is 29.3. The summed E-state index contributed by atoms with van der Waals surface area (Å²) in [7, 11) is 2.02. The van der Waals surface area contributed by atoms with Crippen molar-refractivity contribution in [1.29, 1.82) is 5.26 Å². The van der Waals surface area contributed by atoms with Gasteiger partial charge in [0.25, 0.3) is 0 Å². The molecule has 1 aromatic heterocycles. The van der Waals surface area contributed by atoms with Gasteiger partial charge < -0.3 is 34.2 Å². The number of hydrogen-bond donors (Lipinski definition) is 1. The Bertz CT molecular complexity index is 1390. The first-order valence-electron chi connectivity index (χ1n) is 13.9. The highest BCUT2D eigenvalue weighted by molar-refractivity contribution is 5.87. The largest absolute Gasteiger partial charge is 0.573 e. The molecule has 0 aliphatic carbocycles. The minimum Gasteiger partial charge on any atom is -0.508 e. The Morgan fingerprint density at radius 1 is 1.21 bits per heavy atom. The van der Waals surface area contributed by atoms with Gasteiger partial charge in [-0.25, -0.2) is 4.98 Å². The topological polar surface area (TPSA) is 105 Å². The molecule has 42 heavy (non-hydrogen) atoms. The van der Waals surface area contributed by atoms with Gasteiger partial charge in [-0.3, -0.25) is 4.79 Å². The molecule has 10 nitrogen and oxygen atoms in total. The third-order valence-electron chi connectivity index (χ3n) is 8.08. The van der Waals surface area contributed by atoms with Crippen LogP contribution in [0.4, 0.5) is 24.5 Å². The van der Waals surface area contributed by atoms with Gasteiger partial charge in [0.1, 0.15) is 24.0 Å². The number of likely N-dealkylation sites (N-methyl/N-ethyl adjacent to an activating group) is 1. The molecule has 1 atom stereocenters. The average molecular weight is 587 g/mol. The molecule has 0 saturated carbocycles. The molecule has 0 bridgehead atoms. The van der Waals surface area contributed by atoms with E-state index >= 15 is 0 Å². The van der Waals surface area contributed by atoms with Gasteiger partial charge in [0.2, 0.25) is 11.8 Å². The van der Waals surface area contributed by atoms with Crippen LogP contribution in [-0.2, 0) is 17.8 Å². The second-order valence-corrected chi connectivity index (χ2v) is 10.7. The Morgan fingerprint density at radius 2 is 1.98 bits per heavy atom. The van der Waals surface area contributed by atoms with E-state index in [1.807, 2.05) is 7.05 Å². The molecule has 3 aliphatic heterocycles. The van der Waals surface area contributed by atoms with Crippen molar-refractivity contribution in [3.05, 3.63) is 47.7 Å². The zero-order valence-electron chi connectivity index (χ0n) is 23.4. The number of benzene rings is 1. The lowest BCUT2D eigenvalue weighted by molar-refractivity contribution is -0.274. The zero-order valence-corrected chi connectivity index (χ0v) is 23.4. The Hall–Kier alpha value is -4.18. The maximum Gasteiger partial charge on any atom is 0.573 e. The maximum atomic E-state index is 13.2. The van der Waals surface area contributed by atoms with Crippen LogP contribution >= 0.6 is 0 Å². The van der Waals surface area contributed by atoms with E-state index in [-0.39, 0.29) is 35.8 Å². The van der Waals surface area contributed by atoms with Gasteiger partial charge in [0.05, 0.1) is 23.6 Å². The minimum atomic E-state index is -4.91. The number of phenols is 1. The highest BCUT2D eigenvalue weighted by atomic mass is 19.4. The molecule has 224 valence electrons. The third-order valence-corrected chi connectivity index (χ3v) is 8.08. The number of aromatic hydroxyl groups is 1. The smallest absolute Gasteiger partial charge is 0.508 e. The van der Waals surface area contributed by atoms with E-state index in [0.29, 0.717) is 62.7 Å². The molecule has 0 radical (unpaired) electrons. The fourth-order valence-electron chi connectivity index (χ4n) is 5.90. The fourth-order valence-corrected chi connectivity index (χ4v) is 5.90. The normalized spacial score (nSPS) is 19.3. The zero-order chi connectivity index (χ0) is 30.0. The van der Waals surface area contributed by atoms with Crippen molar-refractivity contribution in [1.82, 2.24) is 14.8 Å². The second kappa shape index (κ2) is 12.0. The number of carbonyl (C=O) groups is 1. The monoisotopic (exact) mass is 586 g/mol. The molecule has 5 rings (SSSR count). The van der Waals surface area contributed by atoms with E-state index in [9.17, 15) is 28.3 Å². The summed E-state index contributed by atoms with van der Waals surface area (Å²) < 4.78 is 49.9. The van der Waals surface area contributed by atoms with Crippen LogP contribution in [0.15, 0.2) is 30.9 Å². The molecule has 2 aromatic rings. The molecule has 0 spiro atoms. The van der Waals surface area contributed by atoms with Crippen LogP contribution in [-0.4, -0.2) is 91.1 Å². The summed E-state index contributed by atoms with van der Waals surface area (Å²) >= 11 is 0. The van der Waals surface area contributed by atoms with Gasteiger partial charge in [-0.1, -0.05) is 6.58 Å². The number of anilines is 2. The summed E-state index contributed by atoms with van der Waals surface area (Å²) in [6.07, 6.45) is -1.24. The summed E-state index contributed by atoms with van der Waals surface area (Å²) in [6.45, 7) is 7.13. The Morgan fingerprint density at radius 3 is 2.62 bits per heavy atom. The van der Waals surface area contributed by atoms with Crippen LogP contribution in [0.5, 0.6) is 17.4 Å². The van der Waals surface area contributed by atoms with Gasteiger partial charge >= 0.3 is 6.36 Å². The Kier molecular flexibility index (Phi) is 8.36. The lowest BCUT2D eigenvalue weighted by atomic mass is 9.97. The fraction of sp³-hybridized carbons (Fsp3) is 0.483. The summed E-state index contributed by atoms with van der Waals surface area (Å²) in [4.78, 5) is 24.5. The second-order valence-electron chi connectivity index (χ2n) is 10.7. The van der Waals surface area contributed by atoms with Crippen molar-refractivity contribution in [3.63, 3.8) is 0 Å². The number of ether oxygens (including phenoxy) is 2. The number of likely N-dealkylation sites (tertiary alicyclic amines) is 1. The number of nitriles is 1. The number of phenolic OH excluding ortho intramolecular Hbond substituents is 1. The minimum absolute atomic E-state index is 0.0808. The number of pyridine rings is 1. The molecule has 1 aromatic carbocycles. The number of alkyl halides is 3. The Balaban J connectivity index is 1.51. The van der Waals surface area contributed by atoms with Crippen LogP contribution in [0, 0.1) is 11.3 Å². The van der Waals surface area contributed by atoms with Crippen LogP contribution in [0.1, 0.15) is 29.7 Å². The lowest BCUT2D eigenvalue weighted by Crippen LogP contribution is -2.49. The van der Waals surface area contributed by atoms with Crippen LogP contribution < -0.4 is 19.3 Å². The standard InChI is InChI=1S/C29H33F3N6O4/c1-3-26(40)36-11-13-37(14-12-36)27-21-8-10-38(24-15-20(39)6-7-25(24)42-29(30,31)32)17-23(21)34-28(22(27)16-33)41-18-19-5-4-9-35(19)2/h3,6-7,15,19,39H,1,4-5,8-14,17-18H2,2H3. The number of aromatic nitrogens is 1. The summed E-state index contributed by atoms with van der Waals surface area (Å²) in [5, 5.41) is 20.4. The first-order valence-corrected chi connectivity index (χ1v) is 13.9. The summed E-state index contributed by atoms with van der Waals surface area (Å²) in [6, 6.07) is 5.94. The highest BCUT2D eigenvalue weighted by Gasteiger charge is 2.35. The maximum absolute atomic E-state index is 13.2. The van der Waals surface area contributed by atoms with Crippen LogP contribution in [0.25, 0.3) is 0 Å². The first-order chi connectivity index (χ1) is 20.1. The van der Waals surface area contributed by atoms with Crippen molar-refractivity contribution in [2.75, 3.05) is 62.7 Å². The number of fused-ring (bicyclic) bond motifs is 1. The molecule has 1 unspecified atom stereocenters. The van der Waals surface area contributed by atoms with Crippen molar-refractivity contribution in [2.24, 2.45) is 0 Å². The predicted molar refractivity (Wildman–Crippen MR) is 149 cm³/mol. The third kappa shape index (κ3) is 6.18. The van der Waals surface area contributed by atoms with E-state index in [1.165, 1.54) is 12.1 Å². The van der Waals surface area contributed by atoms with E-state index in [1.54, 1.807) is 9.80 Å². The molecule has 13 heteroatoms. The van der Waals surface area contributed by atoms with Gasteiger partial charge in [-0.15, -0.1) is 13.2 Å². The molecule has 2 fully saturated rings. The van der Waals surface area contributed by atoms with Crippen LogP contribution in [0.2, 0.25) is 0 Å². The van der Waals surface area contributed by atoms with Crippen molar-refractivity contribution < 1.29 is 32.5 Å². The van der Waals surface area contributed by atoms with Crippen molar-refractivity contribution in [2.45, 2.75) is 38.2 Å². The predicted octanol–water partition coefficient (Wildman–Crippen LogP) is 3.43. The van der Waals surface area contributed by atoms with Gasteiger partial charge in [0.15, 0.2) is 5.75 Å². The van der Waals surface area contributed by atoms with Gasteiger partial charge in [-0.05, 0) is 51.1 Å². The summed E-state index contributed by atoms with van der Waals surface area (Å²) in [5.74, 6) is -0.604. The SMILES string of the molecule is C=CC(=O)N1CCN(c2c(C#N)c(OCC3CCCN3C)nc3c2CCN(c2cc(O)ccc2OC(F)(F)F)C3)CC1. The quantitative estimate of drug-likeness (QED) is 0.489. The molecule has 1 amide bonds. The van der Waals surface area contributed by atoms with Crippen molar-refractivity contribution >= 4 is 17.3 Å². The summed E-state index contributed by atoms with van der Waals surface area (Å²) in [5.41, 5.74) is 2.46. The van der Waals surface area contributed by atoms with E-state index < -0.39 is 12.1 Å². The highest BCUT2D eigenvalue weighted by Crippen LogP contribution is 2.41. The number of amides is 1. The number of rotatable bonds is 7.